The number of hydrazine groups is 1. The molecule has 2 aromatic heterocycles. The Morgan fingerprint density at radius 1 is 1.43 bits per heavy atom. The Labute approximate surface area is 94.7 Å². The summed E-state index contributed by atoms with van der Waals surface area (Å²) in [5.41, 5.74) is 3.62. The molecule has 0 saturated heterocycles. The number of rotatable bonds is 3. The molecule has 0 aliphatic carbocycles. The summed E-state index contributed by atoms with van der Waals surface area (Å²) in [5, 5.41) is 4.58. The van der Waals surface area contributed by atoms with E-state index in [0.29, 0.717) is 0 Å². The maximum Gasteiger partial charge on any atom is 0.0998 e. The van der Waals surface area contributed by atoms with Gasteiger partial charge in [-0.1, -0.05) is 11.6 Å². The number of halogens is 1. The van der Waals surface area contributed by atoms with Crippen LogP contribution in [0.15, 0.2) is 22.9 Å². The van der Waals surface area contributed by atoms with Gasteiger partial charge < -0.3 is 0 Å². The van der Waals surface area contributed by atoms with Crippen LogP contribution in [0.5, 0.6) is 0 Å². The maximum atomic E-state index is 6.02. The Hall–Kier alpha value is -0.460. The monoisotopic (exact) mass is 245 g/mol. The molecule has 74 valence electrons. The average Bonchev–Trinajstić information content (AvgIpc) is 2.80. The van der Waals surface area contributed by atoms with Crippen molar-refractivity contribution in [2.45, 2.75) is 6.04 Å². The van der Waals surface area contributed by atoms with Crippen molar-refractivity contribution < 1.29 is 0 Å². The normalized spacial score (nSPS) is 13.0. The molecule has 0 aliphatic rings. The molecule has 0 aliphatic heterocycles. The Morgan fingerprint density at radius 3 is 2.79 bits per heavy atom. The molecule has 1 unspecified atom stereocenters. The second-order valence-electron chi connectivity index (χ2n) is 2.66. The van der Waals surface area contributed by atoms with E-state index in [2.05, 4.69) is 9.80 Å². The molecule has 2 aromatic rings. The molecule has 0 aromatic carbocycles. The largest absolute Gasteiger partial charge is 0.270 e. The fourth-order valence-corrected chi connectivity index (χ4v) is 2.96. The molecule has 0 radical (unpaired) electrons. The first-order chi connectivity index (χ1) is 6.83. The molecule has 6 heteroatoms. The van der Waals surface area contributed by atoms with Crippen LogP contribution in [0.25, 0.3) is 0 Å². The molecule has 14 heavy (non-hydrogen) atoms. The number of nitrogens with one attached hydrogen (secondary N) is 1. The van der Waals surface area contributed by atoms with Crippen molar-refractivity contribution in [1.29, 1.82) is 0 Å². The van der Waals surface area contributed by atoms with E-state index < -0.39 is 0 Å². The molecular weight excluding hydrogens is 238 g/mol. The summed E-state index contributed by atoms with van der Waals surface area (Å²) < 4.78 is 4.23. The number of nitrogens with two attached hydrogens (primary N) is 1. The van der Waals surface area contributed by atoms with Crippen molar-refractivity contribution in [2.75, 3.05) is 0 Å². The Kier molecular flexibility index (Phi) is 3.15. The van der Waals surface area contributed by atoms with Gasteiger partial charge in [-0.15, -0.1) is 11.3 Å². The standard InChI is InChI=1S/C8H8ClN3S2/c9-5-1-3-13-8(5)7(11-10)6-2-4-14-12-6/h1-4,7,11H,10H2. The Bertz CT molecular complexity index is 398. The van der Waals surface area contributed by atoms with Crippen molar-refractivity contribution in [1.82, 2.24) is 9.80 Å². The molecule has 1 atom stereocenters. The molecule has 3 N–H and O–H groups in total. The minimum Gasteiger partial charge on any atom is -0.270 e. The first-order valence-corrected chi connectivity index (χ1v) is 6.01. The van der Waals surface area contributed by atoms with Crippen molar-refractivity contribution in [3.8, 4) is 0 Å². The van der Waals surface area contributed by atoms with E-state index in [4.69, 9.17) is 17.4 Å². The van der Waals surface area contributed by atoms with E-state index in [1.54, 1.807) is 11.3 Å². The second kappa shape index (κ2) is 4.37. The van der Waals surface area contributed by atoms with Gasteiger partial charge in [-0.25, -0.2) is 5.43 Å². The zero-order valence-corrected chi connectivity index (χ0v) is 9.49. The summed E-state index contributed by atoms with van der Waals surface area (Å²) in [6.07, 6.45) is 0. The van der Waals surface area contributed by atoms with Crippen LogP contribution in [0, 0.1) is 0 Å². The lowest BCUT2D eigenvalue weighted by Crippen LogP contribution is -2.28. The average molecular weight is 246 g/mol. The topological polar surface area (TPSA) is 50.9 Å². The minimum absolute atomic E-state index is 0.103. The Morgan fingerprint density at radius 2 is 2.29 bits per heavy atom. The fraction of sp³-hybridized carbons (Fsp3) is 0.125. The maximum absolute atomic E-state index is 6.02. The smallest absolute Gasteiger partial charge is 0.0998 e. The van der Waals surface area contributed by atoms with E-state index >= 15 is 0 Å². The van der Waals surface area contributed by atoms with Crippen LogP contribution in [0.2, 0.25) is 5.02 Å². The molecule has 0 saturated carbocycles. The van der Waals surface area contributed by atoms with E-state index in [0.717, 1.165) is 15.6 Å². The molecular formula is C8H8ClN3S2. The van der Waals surface area contributed by atoms with Crippen molar-refractivity contribution in [3.05, 3.63) is 38.5 Å². The highest BCUT2D eigenvalue weighted by Gasteiger charge is 2.18. The molecule has 0 bridgehead atoms. The predicted molar refractivity (Wildman–Crippen MR) is 60.6 cm³/mol. The van der Waals surface area contributed by atoms with Crippen molar-refractivity contribution in [2.24, 2.45) is 5.84 Å². The van der Waals surface area contributed by atoms with Gasteiger partial charge in [0.2, 0.25) is 0 Å². The van der Waals surface area contributed by atoms with Gasteiger partial charge in [-0.2, -0.15) is 4.37 Å². The van der Waals surface area contributed by atoms with Crippen LogP contribution in [0.3, 0.4) is 0 Å². The van der Waals surface area contributed by atoms with Crippen LogP contribution in [-0.4, -0.2) is 4.37 Å². The summed E-state index contributed by atoms with van der Waals surface area (Å²) in [6, 6.07) is 3.69. The fourth-order valence-electron chi connectivity index (χ4n) is 1.18. The summed E-state index contributed by atoms with van der Waals surface area (Å²) >= 11 is 8.99. The number of aromatic nitrogens is 1. The third-order valence-electron chi connectivity index (χ3n) is 1.83. The molecule has 0 spiro atoms. The lowest BCUT2D eigenvalue weighted by atomic mass is 10.2. The van der Waals surface area contributed by atoms with Crippen LogP contribution < -0.4 is 11.3 Å². The Balaban J connectivity index is 2.36. The van der Waals surface area contributed by atoms with Crippen LogP contribution in [-0.2, 0) is 0 Å². The first kappa shape index (κ1) is 10.1. The first-order valence-electron chi connectivity index (χ1n) is 3.92. The molecule has 0 amide bonds. The highest BCUT2D eigenvalue weighted by atomic mass is 35.5. The van der Waals surface area contributed by atoms with Gasteiger partial charge in [0.05, 0.1) is 16.8 Å². The summed E-state index contributed by atoms with van der Waals surface area (Å²) in [5.74, 6) is 5.49. The van der Waals surface area contributed by atoms with E-state index in [9.17, 15) is 0 Å². The molecule has 0 fully saturated rings. The van der Waals surface area contributed by atoms with E-state index in [1.807, 2.05) is 22.9 Å². The minimum atomic E-state index is -0.103. The van der Waals surface area contributed by atoms with Crippen molar-refractivity contribution >= 4 is 34.5 Å². The third kappa shape index (κ3) is 1.82. The molecule has 2 rings (SSSR count). The van der Waals surface area contributed by atoms with Crippen LogP contribution >= 0.6 is 34.5 Å². The van der Waals surface area contributed by atoms with Crippen LogP contribution in [0.4, 0.5) is 0 Å². The zero-order chi connectivity index (χ0) is 9.97. The van der Waals surface area contributed by atoms with Gasteiger partial charge in [-0.05, 0) is 29.0 Å². The highest BCUT2D eigenvalue weighted by molar-refractivity contribution is 7.10. The predicted octanol–water partition coefficient (Wildman–Crippen LogP) is 2.41. The number of hydrogen-bond donors (Lipinski definition) is 2. The SMILES string of the molecule is NNC(c1ccsn1)c1sccc1Cl. The molecule has 3 nitrogen and oxygen atoms in total. The number of thiophene rings is 1. The lowest BCUT2D eigenvalue weighted by molar-refractivity contribution is 0.636. The highest BCUT2D eigenvalue weighted by Crippen LogP contribution is 2.31. The number of nitrogens with zero attached hydrogens (tertiary/aromatic N) is 1. The zero-order valence-electron chi connectivity index (χ0n) is 7.11. The third-order valence-corrected chi connectivity index (χ3v) is 3.82. The quantitative estimate of drug-likeness (QED) is 0.645. The lowest BCUT2D eigenvalue weighted by Gasteiger charge is -2.11. The van der Waals surface area contributed by atoms with Gasteiger partial charge in [0.25, 0.3) is 0 Å². The summed E-state index contributed by atoms with van der Waals surface area (Å²) in [4.78, 5) is 1.00. The van der Waals surface area contributed by atoms with Crippen LogP contribution in [0.1, 0.15) is 16.6 Å². The van der Waals surface area contributed by atoms with E-state index in [-0.39, 0.29) is 6.04 Å². The van der Waals surface area contributed by atoms with Gasteiger partial charge in [0.1, 0.15) is 0 Å². The second-order valence-corrected chi connectivity index (χ2v) is 4.68. The molecule has 2 heterocycles. The summed E-state index contributed by atoms with van der Waals surface area (Å²) in [6.45, 7) is 0. The number of hydrogen-bond acceptors (Lipinski definition) is 5. The van der Waals surface area contributed by atoms with E-state index in [1.165, 1.54) is 11.5 Å². The van der Waals surface area contributed by atoms with Gasteiger partial charge in [0.15, 0.2) is 0 Å². The van der Waals surface area contributed by atoms with Gasteiger partial charge >= 0.3 is 0 Å². The van der Waals surface area contributed by atoms with Crippen molar-refractivity contribution in [3.63, 3.8) is 0 Å². The van der Waals surface area contributed by atoms with Gasteiger partial charge in [0, 0.05) is 10.3 Å². The summed E-state index contributed by atoms with van der Waals surface area (Å²) in [7, 11) is 0. The van der Waals surface area contributed by atoms with Gasteiger partial charge in [-0.3, -0.25) is 5.84 Å².